The predicted octanol–water partition coefficient (Wildman–Crippen LogP) is 0.781. The zero-order chi connectivity index (χ0) is 9.26. The van der Waals surface area contributed by atoms with E-state index in [1.165, 1.54) is 34.7 Å². The molecule has 0 spiro atoms. The fourth-order valence-corrected chi connectivity index (χ4v) is 2.95. The zero-order valence-electron chi connectivity index (χ0n) is 7.45. The molecular weight excluding hydrogens is 186 g/mol. The molecule has 0 fully saturated rings. The number of aryl methyl sites for hydroxylation is 1. The maximum atomic E-state index is 11.5. The number of fused-ring (bicyclic) bond motifs is 1. The summed E-state index contributed by atoms with van der Waals surface area (Å²) in [6.07, 6.45) is 4.43. The van der Waals surface area contributed by atoms with Crippen molar-refractivity contribution < 1.29 is 5.11 Å². The standard InChI is InChI=1S/C9H13NO2S/c11-6-5-10-7-3-1-2-4-8(7)13-9(10)12/h11H,1-6H2. The lowest BCUT2D eigenvalue weighted by atomic mass is 10.0. The van der Waals surface area contributed by atoms with Crippen molar-refractivity contribution >= 4 is 11.3 Å². The molecule has 3 nitrogen and oxygen atoms in total. The van der Waals surface area contributed by atoms with Crippen LogP contribution in [-0.4, -0.2) is 16.3 Å². The van der Waals surface area contributed by atoms with Gasteiger partial charge in [-0.2, -0.15) is 0 Å². The molecule has 0 unspecified atom stereocenters. The van der Waals surface area contributed by atoms with Crippen LogP contribution in [0.15, 0.2) is 4.79 Å². The van der Waals surface area contributed by atoms with Gasteiger partial charge in [-0.25, -0.2) is 0 Å². The summed E-state index contributed by atoms with van der Waals surface area (Å²) in [5.41, 5.74) is 1.18. The van der Waals surface area contributed by atoms with Gasteiger partial charge in [-0.15, -0.1) is 0 Å². The van der Waals surface area contributed by atoms with E-state index in [4.69, 9.17) is 5.11 Å². The summed E-state index contributed by atoms with van der Waals surface area (Å²) >= 11 is 1.35. The minimum absolute atomic E-state index is 0.0586. The number of nitrogens with zero attached hydrogens (tertiary/aromatic N) is 1. The number of aliphatic hydroxyl groups excluding tert-OH is 1. The highest BCUT2D eigenvalue weighted by atomic mass is 32.1. The first-order chi connectivity index (χ1) is 6.33. The van der Waals surface area contributed by atoms with Crippen LogP contribution in [0.2, 0.25) is 0 Å². The molecular formula is C9H13NO2S. The van der Waals surface area contributed by atoms with Crippen LogP contribution in [0.3, 0.4) is 0 Å². The van der Waals surface area contributed by atoms with Crippen molar-refractivity contribution in [3.63, 3.8) is 0 Å². The molecule has 72 valence electrons. The van der Waals surface area contributed by atoms with Gasteiger partial charge < -0.3 is 9.67 Å². The Morgan fingerprint density at radius 3 is 2.92 bits per heavy atom. The number of thiazole rings is 1. The third kappa shape index (κ3) is 1.56. The molecule has 0 aliphatic heterocycles. The van der Waals surface area contributed by atoms with Gasteiger partial charge in [0.1, 0.15) is 0 Å². The molecule has 0 amide bonds. The van der Waals surface area contributed by atoms with E-state index in [1.54, 1.807) is 4.57 Å². The molecule has 1 N–H and O–H groups in total. The average Bonchev–Trinajstić information content (AvgIpc) is 2.44. The van der Waals surface area contributed by atoms with Crippen LogP contribution in [-0.2, 0) is 19.4 Å². The zero-order valence-corrected chi connectivity index (χ0v) is 8.27. The normalized spacial score (nSPS) is 15.8. The first kappa shape index (κ1) is 8.97. The minimum Gasteiger partial charge on any atom is -0.395 e. The Hall–Kier alpha value is -0.610. The van der Waals surface area contributed by atoms with Crippen molar-refractivity contribution in [2.45, 2.75) is 32.2 Å². The van der Waals surface area contributed by atoms with Crippen molar-refractivity contribution in [2.24, 2.45) is 0 Å². The highest BCUT2D eigenvalue weighted by molar-refractivity contribution is 7.09. The molecule has 1 aliphatic rings. The van der Waals surface area contributed by atoms with Gasteiger partial charge in [-0.1, -0.05) is 11.3 Å². The van der Waals surface area contributed by atoms with Crippen LogP contribution >= 0.6 is 11.3 Å². The smallest absolute Gasteiger partial charge is 0.307 e. The lowest BCUT2D eigenvalue weighted by molar-refractivity contribution is 0.273. The molecule has 1 aromatic rings. The summed E-state index contributed by atoms with van der Waals surface area (Å²) in [5, 5.41) is 8.81. The fourth-order valence-electron chi connectivity index (χ4n) is 1.85. The highest BCUT2D eigenvalue weighted by Crippen LogP contribution is 2.22. The maximum absolute atomic E-state index is 11.5. The van der Waals surface area contributed by atoms with Crippen molar-refractivity contribution in [3.8, 4) is 0 Å². The molecule has 1 heterocycles. The topological polar surface area (TPSA) is 42.2 Å². The lowest BCUT2D eigenvalue weighted by Crippen LogP contribution is -2.19. The van der Waals surface area contributed by atoms with Gasteiger partial charge in [0.15, 0.2) is 0 Å². The Morgan fingerprint density at radius 2 is 2.15 bits per heavy atom. The molecule has 0 aromatic carbocycles. The largest absolute Gasteiger partial charge is 0.395 e. The Labute approximate surface area is 80.6 Å². The molecule has 0 radical (unpaired) electrons. The van der Waals surface area contributed by atoms with Gasteiger partial charge in [-0.3, -0.25) is 4.79 Å². The second kappa shape index (κ2) is 3.64. The van der Waals surface area contributed by atoms with Gasteiger partial charge in [0.25, 0.3) is 0 Å². The number of aliphatic hydroxyl groups is 1. The van der Waals surface area contributed by atoms with Gasteiger partial charge in [0, 0.05) is 17.1 Å². The molecule has 0 saturated heterocycles. The minimum atomic E-state index is 0.0586. The van der Waals surface area contributed by atoms with E-state index in [0.717, 1.165) is 12.8 Å². The molecule has 13 heavy (non-hydrogen) atoms. The first-order valence-electron chi connectivity index (χ1n) is 4.65. The summed E-state index contributed by atoms with van der Waals surface area (Å²) < 4.78 is 1.74. The van der Waals surface area contributed by atoms with Crippen LogP contribution in [0, 0.1) is 0 Å². The van der Waals surface area contributed by atoms with E-state index in [9.17, 15) is 4.79 Å². The van der Waals surface area contributed by atoms with Crippen molar-refractivity contribution in [1.29, 1.82) is 0 Å². The van der Waals surface area contributed by atoms with Gasteiger partial charge >= 0.3 is 4.87 Å². The van der Waals surface area contributed by atoms with Gasteiger partial charge in [0.05, 0.1) is 6.61 Å². The van der Waals surface area contributed by atoms with E-state index < -0.39 is 0 Å². The molecule has 4 heteroatoms. The first-order valence-corrected chi connectivity index (χ1v) is 5.47. The van der Waals surface area contributed by atoms with Crippen molar-refractivity contribution in [1.82, 2.24) is 4.57 Å². The van der Waals surface area contributed by atoms with Gasteiger partial charge in [0.2, 0.25) is 0 Å². The molecule has 1 aromatic heterocycles. The Bertz CT molecular complexity index is 353. The third-order valence-electron chi connectivity index (χ3n) is 2.47. The van der Waals surface area contributed by atoms with Crippen LogP contribution in [0.5, 0.6) is 0 Å². The molecule has 0 atom stereocenters. The van der Waals surface area contributed by atoms with Crippen molar-refractivity contribution in [3.05, 3.63) is 20.2 Å². The summed E-state index contributed by atoms with van der Waals surface area (Å²) in [5.74, 6) is 0. The summed E-state index contributed by atoms with van der Waals surface area (Å²) in [6, 6.07) is 0. The fraction of sp³-hybridized carbons (Fsp3) is 0.667. The van der Waals surface area contributed by atoms with Crippen LogP contribution in [0.25, 0.3) is 0 Å². The van der Waals surface area contributed by atoms with E-state index in [1.807, 2.05) is 0 Å². The quantitative estimate of drug-likeness (QED) is 0.765. The second-order valence-corrected chi connectivity index (χ2v) is 4.37. The summed E-state index contributed by atoms with van der Waals surface area (Å²) in [4.78, 5) is 12.8. The average molecular weight is 199 g/mol. The Morgan fingerprint density at radius 1 is 1.38 bits per heavy atom. The number of rotatable bonds is 2. The van der Waals surface area contributed by atoms with E-state index in [0.29, 0.717) is 6.54 Å². The van der Waals surface area contributed by atoms with Crippen LogP contribution in [0.1, 0.15) is 23.4 Å². The summed E-state index contributed by atoms with van der Waals surface area (Å²) in [7, 11) is 0. The monoisotopic (exact) mass is 199 g/mol. The molecule has 1 aliphatic carbocycles. The van der Waals surface area contributed by atoms with Crippen LogP contribution < -0.4 is 4.87 Å². The second-order valence-electron chi connectivity index (χ2n) is 3.32. The van der Waals surface area contributed by atoms with Crippen LogP contribution in [0.4, 0.5) is 0 Å². The van der Waals surface area contributed by atoms with E-state index in [-0.39, 0.29) is 11.5 Å². The number of aromatic nitrogens is 1. The third-order valence-corrected chi connectivity index (χ3v) is 3.55. The molecule has 0 bridgehead atoms. The Kier molecular flexibility index (Phi) is 2.51. The maximum Gasteiger partial charge on any atom is 0.307 e. The molecule has 2 rings (SSSR count). The Balaban J connectivity index is 2.42. The SMILES string of the molecule is O=c1sc2c(n1CCO)CCCC2. The lowest BCUT2D eigenvalue weighted by Gasteiger charge is -2.12. The predicted molar refractivity (Wildman–Crippen MR) is 52.3 cm³/mol. The van der Waals surface area contributed by atoms with Gasteiger partial charge in [-0.05, 0) is 25.7 Å². The number of hydrogen-bond donors (Lipinski definition) is 1. The number of hydrogen-bond acceptors (Lipinski definition) is 3. The van der Waals surface area contributed by atoms with Crippen molar-refractivity contribution in [2.75, 3.05) is 6.61 Å². The highest BCUT2D eigenvalue weighted by Gasteiger charge is 2.17. The molecule has 0 saturated carbocycles. The van der Waals surface area contributed by atoms with E-state index >= 15 is 0 Å². The van der Waals surface area contributed by atoms with E-state index in [2.05, 4.69) is 0 Å². The summed E-state index contributed by atoms with van der Waals surface area (Å²) in [6.45, 7) is 0.522.